The molecule has 0 amide bonds. The molecule has 0 aromatic heterocycles. The summed E-state index contributed by atoms with van der Waals surface area (Å²) in [5.74, 6) is 0. The van der Waals surface area contributed by atoms with E-state index >= 15 is 0 Å². The van der Waals surface area contributed by atoms with E-state index in [0.717, 1.165) is 25.1 Å². The molecule has 0 spiro atoms. The smallest absolute Gasteiger partial charge is 0.150 e. The zero-order chi connectivity index (χ0) is 13.3. The van der Waals surface area contributed by atoms with Gasteiger partial charge in [-0.3, -0.25) is 4.79 Å². The van der Waals surface area contributed by atoms with Crippen molar-refractivity contribution in [3.8, 4) is 11.1 Å². The molecule has 0 bridgehead atoms. The van der Waals surface area contributed by atoms with Crippen LogP contribution in [0.15, 0.2) is 54.6 Å². The molecule has 0 aliphatic carbocycles. The van der Waals surface area contributed by atoms with Crippen LogP contribution in [0.1, 0.15) is 23.2 Å². The van der Waals surface area contributed by atoms with Crippen molar-refractivity contribution >= 4 is 6.29 Å². The van der Waals surface area contributed by atoms with Crippen molar-refractivity contribution in [2.24, 2.45) is 0 Å². The van der Waals surface area contributed by atoms with Crippen LogP contribution in [0, 0.1) is 0 Å². The Morgan fingerprint density at radius 3 is 1.84 bits per heavy atom. The average Bonchev–Trinajstić information content (AvgIpc) is 3.08. The Balaban J connectivity index is 0.000000224. The van der Waals surface area contributed by atoms with Crippen molar-refractivity contribution in [3.63, 3.8) is 0 Å². The van der Waals surface area contributed by atoms with Crippen LogP contribution in [0.4, 0.5) is 0 Å². The number of aldehydes is 1. The molecule has 1 fully saturated rings. The summed E-state index contributed by atoms with van der Waals surface area (Å²) in [6.07, 6.45) is 3.41. The Bertz CT molecular complexity index is 477. The van der Waals surface area contributed by atoms with Gasteiger partial charge in [-0.05, 0) is 24.0 Å². The highest BCUT2D eigenvalue weighted by Crippen LogP contribution is 2.18. The highest BCUT2D eigenvalue weighted by Gasteiger charge is 1.95. The number of hydrogen-bond acceptors (Lipinski definition) is 2. The van der Waals surface area contributed by atoms with Crippen molar-refractivity contribution in [1.82, 2.24) is 0 Å². The van der Waals surface area contributed by atoms with E-state index in [1.807, 2.05) is 42.5 Å². The second kappa shape index (κ2) is 7.49. The normalized spacial score (nSPS) is 13.5. The SMILES string of the molecule is C1CCOC1.O=Cc1ccc(-c2ccccc2)cc1. The van der Waals surface area contributed by atoms with E-state index in [2.05, 4.69) is 12.1 Å². The minimum atomic E-state index is 0.713. The number of ether oxygens (including phenoxy) is 1. The van der Waals surface area contributed by atoms with Crippen molar-refractivity contribution in [3.05, 3.63) is 60.2 Å². The minimum Gasteiger partial charge on any atom is -0.381 e. The first-order valence-corrected chi connectivity index (χ1v) is 6.58. The van der Waals surface area contributed by atoms with E-state index in [1.165, 1.54) is 18.4 Å². The highest BCUT2D eigenvalue weighted by molar-refractivity contribution is 5.76. The fourth-order valence-electron chi connectivity index (χ4n) is 1.90. The molecule has 19 heavy (non-hydrogen) atoms. The van der Waals surface area contributed by atoms with Gasteiger partial charge in [0.1, 0.15) is 6.29 Å². The van der Waals surface area contributed by atoms with Gasteiger partial charge in [0.25, 0.3) is 0 Å². The highest BCUT2D eigenvalue weighted by atomic mass is 16.5. The molecule has 2 nitrogen and oxygen atoms in total. The number of hydrogen-bond donors (Lipinski definition) is 0. The second-order valence-electron chi connectivity index (χ2n) is 4.43. The molecule has 2 heteroatoms. The zero-order valence-electron chi connectivity index (χ0n) is 10.9. The van der Waals surface area contributed by atoms with Gasteiger partial charge in [-0.1, -0.05) is 54.6 Å². The molecule has 0 radical (unpaired) electrons. The van der Waals surface area contributed by atoms with Gasteiger partial charge in [0.05, 0.1) is 0 Å². The van der Waals surface area contributed by atoms with Gasteiger partial charge in [0.15, 0.2) is 0 Å². The largest absolute Gasteiger partial charge is 0.381 e. The molecule has 1 heterocycles. The minimum absolute atomic E-state index is 0.713. The maximum Gasteiger partial charge on any atom is 0.150 e. The summed E-state index contributed by atoms with van der Waals surface area (Å²) in [5.41, 5.74) is 3.02. The molecule has 98 valence electrons. The monoisotopic (exact) mass is 254 g/mol. The number of carbonyl (C=O) groups is 1. The first-order valence-electron chi connectivity index (χ1n) is 6.58. The molecular weight excluding hydrogens is 236 g/mol. The third kappa shape index (κ3) is 4.34. The molecule has 0 N–H and O–H groups in total. The average molecular weight is 254 g/mol. The van der Waals surface area contributed by atoms with Gasteiger partial charge in [0.2, 0.25) is 0 Å². The van der Waals surface area contributed by atoms with Crippen LogP contribution in [0.2, 0.25) is 0 Å². The summed E-state index contributed by atoms with van der Waals surface area (Å²) in [5, 5.41) is 0. The lowest BCUT2D eigenvalue weighted by molar-refractivity contribution is 0.112. The fourth-order valence-corrected chi connectivity index (χ4v) is 1.90. The zero-order valence-corrected chi connectivity index (χ0v) is 10.9. The van der Waals surface area contributed by atoms with E-state index in [-0.39, 0.29) is 0 Å². The van der Waals surface area contributed by atoms with Crippen molar-refractivity contribution < 1.29 is 9.53 Å². The lowest BCUT2D eigenvalue weighted by atomic mass is 10.0. The lowest BCUT2D eigenvalue weighted by Crippen LogP contribution is -1.80. The molecule has 2 aromatic carbocycles. The molecular formula is C17H18O2. The topological polar surface area (TPSA) is 26.3 Å². The van der Waals surface area contributed by atoms with Crippen LogP contribution in [-0.4, -0.2) is 19.5 Å². The Kier molecular flexibility index (Phi) is 5.32. The molecule has 0 unspecified atom stereocenters. The molecule has 1 aliphatic heterocycles. The fraction of sp³-hybridized carbons (Fsp3) is 0.235. The molecule has 0 saturated carbocycles. The third-order valence-electron chi connectivity index (χ3n) is 2.98. The Hall–Kier alpha value is -1.93. The van der Waals surface area contributed by atoms with Gasteiger partial charge in [0, 0.05) is 18.8 Å². The Morgan fingerprint density at radius 2 is 1.37 bits per heavy atom. The predicted molar refractivity (Wildman–Crippen MR) is 77.3 cm³/mol. The van der Waals surface area contributed by atoms with Gasteiger partial charge < -0.3 is 4.74 Å². The van der Waals surface area contributed by atoms with E-state index in [9.17, 15) is 4.79 Å². The van der Waals surface area contributed by atoms with E-state index < -0.39 is 0 Å². The summed E-state index contributed by atoms with van der Waals surface area (Å²) in [4.78, 5) is 10.5. The summed E-state index contributed by atoms with van der Waals surface area (Å²) < 4.78 is 4.94. The standard InChI is InChI=1S/C13H10O.C4H8O/c14-10-11-6-8-13(9-7-11)12-4-2-1-3-5-12;1-2-4-5-3-1/h1-10H;1-4H2. The molecule has 2 aromatic rings. The maximum atomic E-state index is 10.5. The molecule has 1 saturated heterocycles. The summed E-state index contributed by atoms with van der Waals surface area (Å²) in [6, 6.07) is 17.7. The first-order chi connectivity index (χ1) is 9.40. The number of benzene rings is 2. The van der Waals surface area contributed by atoms with Crippen molar-refractivity contribution in [2.45, 2.75) is 12.8 Å². The maximum absolute atomic E-state index is 10.5. The summed E-state index contributed by atoms with van der Waals surface area (Å²) in [7, 11) is 0. The van der Waals surface area contributed by atoms with Crippen molar-refractivity contribution in [1.29, 1.82) is 0 Å². The summed E-state index contributed by atoms with van der Waals surface area (Å²) in [6.45, 7) is 2.00. The number of rotatable bonds is 2. The molecule has 0 atom stereocenters. The van der Waals surface area contributed by atoms with E-state index in [0.29, 0.717) is 5.56 Å². The van der Waals surface area contributed by atoms with Crippen molar-refractivity contribution in [2.75, 3.05) is 13.2 Å². The van der Waals surface area contributed by atoms with E-state index in [4.69, 9.17) is 4.74 Å². The lowest BCUT2D eigenvalue weighted by Gasteiger charge is -2.00. The molecule has 1 aliphatic rings. The summed E-state index contributed by atoms with van der Waals surface area (Å²) >= 11 is 0. The Morgan fingerprint density at radius 1 is 0.789 bits per heavy atom. The van der Waals surface area contributed by atoms with Crippen LogP contribution in [0.25, 0.3) is 11.1 Å². The van der Waals surface area contributed by atoms with Gasteiger partial charge in [-0.15, -0.1) is 0 Å². The van der Waals surface area contributed by atoms with Crippen LogP contribution < -0.4 is 0 Å². The Labute approximate surface area is 114 Å². The first kappa shape index (κ1) is 13.5. The van der Waals surface area contributed by atoms with Crippen LogP contribution in [0.5, 0.6) is 0 Å². The van der Waals surface area contributed by atoms with Crippen LogP contribution in [-0.2, 0) is 4.74 Å². The molecule has 3 rings (SSSR count). The van der Waals surface area contributed by atoms with E-state index in [1.54, 1.807) is 0 Å². The van der Waals surface area contributed by atoms with Crippen LogP contribution >= 0.6 is 0 Å². The van der Waals surface area contributed by atoms with Crippen LogP contribution in [0.3, 0.4) is 0 Å². The third-order valence-corrected chi connectivity index (χ3v) is 2.98. The number of carbonyl (C=O) groups excluding carboxylic acids is 1. The van der Waals surface area contributed by atoms with Gasteiger partial charge >= 0.3 is 0 Å². The quantitative estimate of drug-likeness (QED) is 0.758. The second-order valence-corrected chi connectivity index (χ2v) is 4.43. The predicted octanol–water partition coefficient (Wildman–Crippen LogP) is 3.96. The van der Waals surface area contributed by atoms with Gasteiger partial charge in [-0.25, -0.2) is 0 Å². The van der Waals surface area contributed by atoms with Gasteiger partial charge in [-0.2, -0.15) is 0 Å².